The molecule has 0 aliphatic rings. The molecule has 1 aromatic heterocycles. The summed E-state index contributed by atoms with van der Waals surface area (Å²) in [5.41, 5.74) is 3.29. The molecule has 0 fully saturated rings. The Bertz CT molecular complexity index is 167. The molecular weight excluding hydrogens is 124 g/mol. The van der Waals surface area contributed by atoms with Crippen LogP contribution in [0.25, 0.3) is 0 Å². The van der Waals surface area contributed by atoms with E-state index >= 15 is 0 Å². The Morgan fingerprint density at radius 2 is 2.00 bits per heavy atom. The van der Waals surface area contributed by atoms with Crippen molar-refractivity contribution < 1.29 is 0 Å². The first-order chi connectivity index (χ1) is 4.83. The van der Waals surface area contributed by atoms with E-state index in [1.807, 2.05) is 29.2 Å². The van der Waals surface area contributed by atoms with E-state index in [0.717, 1.165) is 6.42 Å². The quantitative estimate of drug-likeness (QED) is 0.674. The minimum absolute atomic E-state index is 0.549. The van der Waals surface area contributed by atoms with Crippen LogP contribution in [0.2, 0.25) is 0 Å². The van der Waals surface area contributed by atoms with Crippen LogP contribution >= 0.6 is 0 Å². The summed E-state index contributed by atoms with van der Waals surface area (Å²) in [5, 5.41) is 0. The lowest BCUT2D eigenvalue weighted by Gasteiger charge is -2.13. The van der Waals surface area contributed by atoms with Crippen LogP contribution in [0.15, 0.2) is 24.5 Å². The van der Waals surface area contributed by atoms with Gasteiger partial charge in [0.25, 0.3) is 0 Å². The molecule has 0 saturated heterocycles. The zero-order chi connectivity index (χ0) is 7.40. The smallest absolute Gasteiger partial charge is 0.0393 e. The number of nitrogens with one attached hydrogen (secondary N) is 1. The summed E-state index contributed by atoms with van der Waals surface area (Å²) in [6, 6.07) is 4.57. The van der Waals surface area contributed by atoms with Crippen LogP contribution in [0.5, 0.6) is 0 Å². The maximum Gasteiger partial charge on any atom is 0.0393 e. The van der Waals surface area contributed by atoms with Gasteiger partial charge in [0.05, 0.1) is 0 Å². The fraction of sp³-hybridized carbons (Fsp3) is 0.500. The van der Waals surface area contributed by atoms with Gasteiger partial charge in [-0.05, 0) is 25.5 Å². The highest BCUT2D eigenvalue weighted by Crippen LogP contribution is 1.92. The topological polar surface area (TPSA) is 17.0 Å². The van der Waals surface area contributed by atoms with Crippen LogP contribution in [-0.2, 0) is 0 Å². The number of hydrogen-bond donors (Lipinski definition) is 1. The molecule has 0 bridgehead atoms. The summed E-state index contributed by atoms with van der Waals surface area (Å²) in [6.45, 7) is 4.33. The zero-order valence-corrected chi connectivity index (χ0v) is 6.54. The number of hydrogen-bond acceptors (Lipinski definition) is 1. The van der Waals surface area contributed by atoms with Crippen LogP contribution < -0.4 is 5.43 Å². The molecule has 0 aliphatic heterocycles. The first-order valence-electron chi connectivity index (χ1n) is 3.72. The number of rotatable bonds is 3. The van der Waals surface area contributed by atoms with Crippen molar-refractivity contribution in [3.05, 3.63) is 24.5 Å². The summed E-state index contributed by atoms with van der Waals surface area (Å²) in [5.74, 6) is 0. The normalized spacial score (nSPS) is 13.0. The summed E-state index contributed by atoms with van der Waals surface area (Å²) in [6.07, 6.45) is 5.16. The Labute approximate surface area is 61.8 Å². The van der Waals surface area contributed by atoms with Gasteiger partial charge in [-0.15, -0.1) is 0 Å². The van der Waals surface area contributed by atoms with E-state index in [4.69, 9.17) is 0 Å². The molecule has 1 unspecified atom stereocenters. The van der Waals surface area contributed by atoms with Gasteiger partial charge >= 0.3 is 0 Å². The van der Waals surface area contributed by atoms with Gasteiger partial charge in [-0.2, -0.15) is 0 Å². The van der Waals surface area contributed by atoms with E-state index in [0.29, 0.717) is 6.04 Å². The van der Waals surface area contributed by atoms with Crippen molar-refractivity contribution >= 4 is 0 Å². The summed E-state index contributed by atoms with van der Waals surface area (Å²) in [4.78, 5) is 0. The molecular formula is C8H14N2. The van der Waals surface area contributed by atoms with Gasteiger partial charge in [0.15, 0.2) is 0 Å². The van der Waals surface area contributed by atoms with E-state index in [1.165, 1.54) is 0 Å². The molecule has 56 valence electrons. The van der Waals surface area contributed by atoms with Crippen molar-refractivity contribution in [1.29, 1.82) is 0 Å². The lowest BCUT2D eigenvalue weighted by atomic mass is 10.3. The van der Waals surface area contributed by atoms with Crippen LogP contribution in [0, 0.1) is 0 Å². The van der Waals surface area contributed by atoms with Gasteiger partial charge in [0.1, 0.15) is 0 Å². The monoisotopic (exact) mass is 138 g/mol. The summed E-state index contributed by atoms with van der Waals surface area (Å²) < 4.78 is 1.98. The molecule has 0 radical (unpaired) electrons. The number of aromatic nitrogens is 1. The first-order valence-corrected chi connectivity index (χ1v) is 3.72. The Morgan fingerprint density at radius 1 is 1.40 bits per heavy atom. The Hall–Kier alpha value is -0.920. The summed E-state index contributed by atoms with van der Waals surface area (Å²) >= 11 is 0. The molecule has 0 spiro atoms. The molecule has 1 heterocycles. The molecule has 2 heteroatoms. The molecule has 10 heavy (non-hydrogen) atoms. The van der Waals surface area contributed by atoms with Crippen molar-refractivity contribution in [1.82, 2.24) is 4.68 Å². The molecule has 0 aliphatic carbocycles. The van der Waals surface area contributed by atoms with Gasteiger partial charge in [0, 0.05) is 18.4 Å². The Kier molecular flexibility index (Phi) is 2.37. The second kappa shape index (κ2) is 3.30. The third-order valence-corrected chi connectivity index (χ3v) is 1.59. The third-order valence-electron chi connectivity index (χ3n) is 1.59. The predicted octanol–water partition coefficient (Wildman–Crippen LogP) is 1.83. The highest BCUT2D eigenvalue weighted by atomic mass is 15.4. The van der Waals surface area contributed by atoms with Gasteiger partial charge < -0.3 is 5.43 Å². The third kappa shape index (κ3) is 1.79. The van der Waals surface area contributed by atoms with Crippen molar-refractivity contribution in [3.63, 3.8) is 0 Å². The van der Waals surface area contributed by atoms with Gasteiger partial charge in [-0.3, -0.25) is 4.68 Å². The zero-order valence-electron chi connectivity index (χ0n) is 6.54. The Morgan fingerprint density at radius 3 is 2.50 bits per heavy atom. The average Bonchev–Trinajstić information content (AvgIpc) is 2.40. The second-order valence-electron chi connectivity index (χ2n) is 2.53. The molecule has 1 N–H and O–H groups in total. The Balaban J connectivity index is 2.40. The van der Waals surface area contributed by atoms with Gasteiger partial charge in [-0.25, -0.2) is 0 Å². The number of nitrogens with zero attached hydrogens (tertiary/aromatic N) is 1. The fourth-order valence-corrected chi connectivity index (χ4v) is 0.766. The first kappa shape index (κ1) is 7.19. The minimum Gasteiger partial charge on any atom is -0.324 e. The fourth-order valence-electron chi connectivity index (χ4n) is 0.766. The van der Waals surface area contributed by atoms with Crippen molar-refractivity contribution in [2.75, 3.05) is 5.43 Å². The van der Waals surface area contributed by atoms with Crippen molar-refractivity contribution in [2.45, 2.75) is 26.3 Å². The van der Waals surface area contributed by atoms with Gasteiger partial charge in [0.2, 0.25) is 0 Å². The van der Waals surface area contributed by atoms with E-state index in [1.54, 1.807) is 0 Å². The SMILES string of the molecule is CCC(C)Nn1cccc1. The van der Waals surface area contributed by atoms with E-state index in [-0.39, 0.29) is 0 Å². The second-order valence-corrected chi connectivity index (χ2v) is 2.53. The van der Waals surface area contributed by atoms with Crippen molar-refractivity contribution in [3.8, 4) is 0 Å². The molecule has 1 atom stereocenters. The van der Waals surface area contributed by atoms with Crippen LogP contribution in [0.1, 0.15) is 20.3 Å². The summed E-state index contributed by atoms with van der Waals surface area (Å²) in [7, 11) is 0. The van der Waals surface area contributed by atoms with E-state index in [9.17, 15) is 0 Å². The largest absolute Gasteiger partial charge is 0.324 e. The van der Waals surface area contributed by atoms with Crippen LogP contribution in [0.3, 0.4) is 0 Å². The standard InChI is InChI=1S/C8H14N2/c1-3-8(2)9-10-6-4-5-7-10/h4-9H,3H2,1-2H3. The maximum atomic E-state index is 3.29. The van der Waals surface area contributed by atoms with E-state index < -0.39 is 0 Å². The van der Waals surface area contributed by atoms with Crippen LogP contribution in [-0.4, -0.2) is 10.7 Å². The maximum absolute atomic E-state index is 3.29. The van der Waals surface area contributed by atoms with Crippen LogP contribution in [0.4, 0.5) is 0 Å². The highest BCUT2D eigenvalue weighted by Gasteiger charge is 1.94. The highest BCUT2D eigenvalue weighted by molar-refractivity contribution is 4.94. The molecule has 1 aromatic rings. The average molecular weight is 138 g/mol. The lowest BCUT2D eigenvalue weighted by Crippen LogP contribution is -2.22. The lowest BCUT2D eigenvalue weighted by molar-refractivity contribution is 0.666. The van der Waals surface area contributed by atoms with Gasteiger partial charge in [-0.1, -0.05) is 6.92 Å². The predicted molar refractivity (Wildman–Crippen MR) is 43.5 cm³/mol. The molecule has 2 nitrogen and oxygen atoms in total. The van der Waals surface area contributed by atoms with E-state index in [2.05, 4.69) is 19.3 Å². The molecule has 1 rings (SSSR count). The molecule has 0 aromatic carbocycles. The molecule has 0 amide bonds. The van der Waals surface area contributed by atoms with Crippen molar-refractivity contribution in [2.24, 2.45) is 0 Å². The molecule has 0 saturated carbocycles. The minimum atomic E-state index is 0.549.